The van der Waals surface area contributed by atoms with Crippen LogP contribution in [0.15, 0.2) is 54.7 Å². The molecule has 6 nitrogen and oxygen atoms in total. The lowest BCUT2D eigenvalue weighted by molar-refractivity contribution is 0.0954. The average Bonchev–Trinajstić information content (AvgIpc) is 3.13. The number of anilines is 2. The number of imidazole rings is 1. The third kappa shape index (κ3) is 4.04. The van der Waals surface area contributed by atoms with Crippen molar-refractivity contribution in [1.82, 2.24) is 14.7 Å². The Morgan fingerprint density at radius 3 is 2.56 bits per heavy atom. The summed E-state index contributed by atoms with van der Waals surface area (Å²) in [6, 6.07) is 12.4. The number of hydrogen-bond donors (Lipinski definition) is 3. The fourth-order valence-electron chi connectivity index (χ4n) is 3.59. The topological polar surface area (TPSA) is 84.5 Å². The average molecular weight is 435 g/mol. The number of para-hydroxylation sites is 1. The maximum absolute atomic E-state index is 14.7. The highest BCUT2D eigenvalue weighted by Crippen LogP contribution is 2.35. The molecule has 0 fully saturated rings. The van der Waals surface area contributed by atoms with E-state index in [1.165, 1.54) is 0 Å². The number of aromatic nitrogens is 2. The molecule has 0 bridgehead atoms. The standard InChI is InChI=1S/C24H23F2N5O/c1-14-4-3-5-15(2)21(14)30-23-22(18-13-17(25)6-7-19(18)26)29-20-12-16(8-11-31(20)23)24(32)28-10-9-27/h3-8,11-13,30H,9-10,27H2,1-2H3,(H,28,32). The molecule has 0 unspecified atom stereocenters. The minimum absolute atomic E-state index is 0.0246. The number of nitrogens with one attached hydrogen (secondary N) is 2. The number of amides is 1. The van der Waals surface area contributed by atoms with Crippen molar-refractivity contribution < 1.29 is 13.6 Å². The molecule has 2 aromatic carbocycles. The van der Waals surface area contributed by atoms with Crippen molar-refractivity contribution in [1.29, 1.82) is 0 Å². The largest absolute Gasteiger partial charge is 0.351 e. The smallest absolute Gasteiger partial charge is 0.251 e. The summed E-state index contributed by atoms with van der Waals surface area (Å²) >= 11 is 0. The number of nitrogens with zero attached hydrogens (tertiary/aromatic N) is 2. The monoisotopic (exact) mass is 435 g/mol. The summed E-state index contributed by atoms with van der Waals surface area (Å²) in [5.74, 6) is -0.988. The maximum atomic E-state index is 14.7. The molecule has 2 heterocycles. The second-order valence-electron chi connectivity index (χ2n) is 7.51. The van der Waals surface area contributed by atoms with Crippen LogP contribution in [-0.4, -0.2) is 28.4 Å². The van der Waals surface area contributed by atoms with Gasteiger partial charge in [0, 0.05) is 36.1 Å². The maximum Gasteiger partial charge on any atom is 0.251 e. The summed E-state index contributed by atoms with van der Waals surface area (Å²) in [5.41, 5.74) is 9.34. The molecule has 32 heavy (non-hydrogen) atoms. The van der Waals surface area contributed by atoms with Gasteiger partial charge in [0.15, 0.2) is 0 Å². The normalized spacial score (nSPS) is 11.0. The SMILES string of the molecule is Cc1cccc(C)c1Nc1c(-c2cc(F)ccc2F)nc2cc(C(=O)NCCN)ccn12. The van der Waals surface area contributed by atoms with Gasteiger partial charge in [0.1, 0.15) is 28.8 Å². The van der Waals surface area contributed by atoms with Crippen molar-refractivity contribution in [2.45, 2.75) is 13.8 Å². The summed E-state index contributed by atoms with van der Waals surface area (Å²) in [5, 5.41) is 6.07. The van der Waals surface area contributed by atoms with Crippen LogP contribution in [0.4, 0.5) is 20.3 Å². The highest BCUT2D eigenvalue weighted by Gasteiger charge is 2.20. The van der Waals surface area contributed by atoms with Crippen LogP contribution < -0.4 is 16.4 Å². The molecule has 0 saturated carbocycles. The van der Waals surface area contributed by atoms with Gasteiger partial charge in [-0.2, -0.15) is 0 Å². The van der Waals surface area contributed by atoms with Gasteiger partial charge in [-0.05, 0) is 55.3 Å². The lowest BCUT2D eigenvalue weighted by atomic mass is 10.1. The van der Waals surface area contributed by atoms with Crippen molar-refractivity contribution in [3.05, 3.63) is 83.1 Å². The minimum Gasteiger partial charge on any atom is -0.351 e. The molecular formula is C24H23F2N5O. The summed E-state index contributed by atoms with van der Waals surface area (Å²) < 4.78 is 30.4. The Labute approximate surface area is 184 Å². The molecule has 4 aromatic rings. The van der Waals surface area contributed by atoms with E-state index in [1.807, 2.05) is 32.0 Å². The van der Waals surface area contributed by atoms with E-state index >= 15 is 0 Å². The van der Waals surface area contributed by atoms with Crippen molar-refractivity contribution in [2.24, 2.45) is 5.73 Å². The number of nitrogens with two attached hydrogens (primary N) is 1. The van der Waals surface area contributed by atoms with Gasteiger partial charge in [-0.15, -0.1) is 0 Å². The molecule has 1 amide bonds. The Morgan fingerprint density at radius 2 is 1.84 bits per heavy atom. The van der Waals surface area contributed by atoms with E-state index in [4.69, 9.17) is 5.73 Å². The van der Waals surface area contributed by atoms with Gasteiger partial charge >= 0.3 is 0 Å². The summed E-state index contributed by atoms with van der Waals surface area (Å²) in [6.45, 7) is 4.59. The number of halogens is 2. The highest BCUT2D eigenvalue weighted by molar-refractivity contribution is 5.95. The Hall–Kier alpha value is -3.78. The number of aryl methyl sites for hydroxylation is 2. The van der Waals surface area contributed by atoms with Gasteiger partial charge in [0.05, 0.1) is 0 Å². The Balaban J connectivity index is 1.90. The fourth-order valence-corrected chi connectivity index (χ4v) is 3.59. The van der Waals surface area contributed by atoms with Crippen molar-refractivity contribution in [2.75, 3.05) is 18.4 Å². The molecule has 0 saturated heterocycles. The molecule has 0 radical (unpaired) electrons. The quantitative estimate of drug-likeness (QED) is 0.421. The Morgan fingerprint density at radius 1 is 1.09 bits per heavy atom. The Kier molecular flexibility index (Phi) is 5.87. The first-order chi connectivity index (χ1) is 15.4. The molecule has 0 aliphatic rings. The van der Waals surface area contributed by atoms with Gasteiger partial charge in [0.2, 0.25) is 0 Å². The van der Waals surface area contributed by atoms with Crippen molar-refractivity contribution in [3.63, 3.8) is 0 Å². The van der Waals surface area contributed by atoms with Crippen molar-refractivity contribution >= 4 is 23.1 Å². The van der Waals surface area contributed by atoms with E-state index in [2.05, 4.69) is 15.6 Å². The number of rotatable bonds is 6. The first-order valence-corrected chi connectivity index (χ1v) is 10.2. The number of hydrogen-bond acceptors (Lipinski definition) is 4. The Bertz CT molecular complexity index is 1300. The van der Waals surface area contributed by atoms with Crippen LogP contribution in [0.3, 0.4) is 0 Å². The number of carbonyl (C=O) groups excluding carboxylic acids is 1. The fraction of sp³-hybridized carbons (Fsp3) is 0.167. The first kappa shape index (κ1) is 21.5. The van der Waals surface area contributed by atoms with Gasteiger partial charge < -0.3 is 16.4 Å². The molecule has 4 rings (SSSR count). The molecule has 2 aromatic heterocycles. The molecule has 0 aliphatic carbocycles. The minimum atomic E-state index is -0.597. The molecule has 8 heteroatoms. The predicted octanol–water partition coefficient (Wildman–Crippen LogP) is 4.33. The summed E-state index contributed by atoms with van der Waals surface area (Å²) in [7, 11) is 0. The third-order valence-electron chi connectivity index (χ3n) is 5.23. The number of pyridine rings is 1. The van der Waals surface area contributed by atoms with Crippen LogP contribution in [0.1, 0.15) is 21.5 Å². The molecule has 0 aliphatic heterocycles. The van der Waals surface area contributed by atoms with Gasteiger partial charge in [0.25, 0.3) is 5.91 Å². The van der Waals surface area contributed by atoms with E-state index < -0.39 is 11.6 Å². The van der Waals surface area contributed by atoms with E-state index in [9.17, 15) is 13.6 Å². The van der Waals surface area contributed by atoms with E-state index in [1.54, 1.807) is 22.7 Å². The van der Waals surface area contributed by atoms with Crippen molar-refractivity contribution in [3.8, 4) is 11.3 Å². The molecule has 164 valence electrons. The predicted molar refractivity (Wildman–Crippen MR) is 121 cm³/mol. The number of fused-ring (bicyclic) bond motifs is 1. The summed E-state index contributed by atoms with van der Waals surface area (Å²) in [4.78, 5) is 16.9. The third-order valence-corrected chi connectivity index (χ3v) is 5.23. The van der Waals surface area contributed by atoms with Crippen LogP contribution in [0, 0.1) is 25.5 Å². The zero-order valence-corrected chi connectivity index (χ0v) is 17.7. The molecular weight excluding hydrogens is 412 g/mol. The van der Waals surface area contributed by atoms with Crippen LogP contribution in [0.2, 0.25) is 0 Å². The number of carbonyl (C=O) groups is 1. The first-order valence-electron chi connectivity index (χ1n) is 10.2. The lowest BCUT2D eigenvalue weighted by Crippen LogP contribution is -2.29. The van der Waals surface area contributed by atoms with Crippen LogP contribution in [0.5, 0.6) is 0 Å². The molecule has 0 atom stereocenters. The highest BCUT2D eigenvalue weighted by atomic mass is 19.1. The molecule has 4 N–H and O–H groups in total. The zero-order valence-electron chi connectivity index (χ0n) is 17.7. The number of benzene rings is 2. The molecule has 0 spiro atoms. The summed E-state index contributed by atoms with van der Waals surface area (Å²) in [6.07, 6.45) is 1.68. The van der Waals surface area contributed by atoms with Crippen LogP contribution in [-0.2, 0) is 0 Å². The lowest BCUT2D eigenvalue weighted by Gasteiger charge is -2.14. The van der Waals surface area contributed by atoms with E-state index in [-0.39, 0.29) is 17.2 Å². The van der Waals surface area contributed by atoms with Gasteiger partial charge in [-0.3, -0.25) is 9.20 Å². The van der Waals surface area contributed by atoms with Crippen LogP contribution in [0.25, 0.3) is 16.9 Å². The second kappa shape index (κ2) is 8.76. The second-order valence-corrected chi connectivity index (χ2v) is 7.51. The van der Waals surface area contributed by atoms with Crippen LogP contribution >= 0.6 is 0 Å². The van der Waals surface area contributed by atoms with E-state index in [0.29, 0.717) is 30.1 Å². The van der Waals surface area contributed by atoms with Gasteiger partial charge in [-0.25, -0.2) is 13.8 Å². The van der Waals surface area contributed by atoms with E-state index in [0.717, 1.165) is 35.0 Å². The van der Waals surface area contributed by atoms with Gasteiger partial charge in [-0.1, -0.05) is 18.2 Å². The zero-order chi connectivity index (χ0) is 22.8.